The van der Waals surface area contributed by atoms with Crippen molar-refractivity contribution >= 4 is 39.8 Å². The Balaban J connectivity index is 2.21. The van der Waals surface area contributed by atoms with Gasteiger partial charge in [0.25, 0.3) is 11.8 Å². The van der Waals surface area contributed by atoms with Crippen LogP contribution in [-0.4, -0.2) is 29.4 Å². The molecule has 7 heteroatoms. The third-order valence-electron chi connectivity index (χ3n) is 3.31. The standard InChI is InChI=1S/C19H17BrN2O4/c20-15-8-4-5-13(11-15)12-16(19(26)21-10-9-17(23)24)22-18(25)14-6-2-1-3-7-14/h1-8,11-12H,9-10H2,(H,21,26)(H,22,25)(H,23,24)/b16-12-. The third kappa shape index (κ3) is 6.18. The van der Waals surface area contributed by atoms with Crippen LogP contribution in [0.1, 0.15) is 22.3 Å². The van der Waals surface area contributed by atoms with Gasteiger partial charge in [0.05, 0.1) is 6.42 Å². The molecule has 134 valence electrons. The molecule has 0 saturated heterocycles. The number of amides is 2. The highest BCUT2D eigenvalue weighted by molar-refractivity contribution is 9.10. The van der Waals surface area contributed by atoms with Crippen LogP contribution in [0, 0.1) is 0 Å². The SMILES string of the molecule is O=C(O)CCNC(=O)/C(=C/c1cccc(Br)c1)NC(=O)c1ccccc1. The summed E-state index contributed by atoms with van der Waals surface area (Å²) in [6.07, 6.45) is 1.32. The van der Waals surface area contributed by atoms with E-state index in [0.717, 1.165) is 4.47 Å². The van der Waals surface area contributed by atoms with Crippen molar-refractivity contribution in [3.8, 4) is 0 Å². The number of hydrogen-bond acceptors (Lipinski definition) is 3. The molecule has 0 unspecified atom stereocenters. The lowest BCUT2D eigenvalue weighted by molar-refractivity contribution is -0.136. The molecule has 0 aromatic heterocycles. The molecule has 0 atom stereocenters. The molecule has 0 saturated carbocycles. The average molecular weight is 417 g/mol. The van der Waals surface area contributed by atoms with Gasteiger partial charge >= 0.3 is 5.97 Å². The van der Waals surface area contributed by atoms with Crippen LogP contribution >= 0.6 is 15.9 Å². The summed E-state index contributed by atoms with van der Waals surface area (Å²) in [7, 11) is 0. The fourth-order valence-corrected chi connectivity index (χ4v) is 2.50. The van der Waals surface area contributed by atoms with Crippen molar-refractivity contribution in [3.63, 3.8) is 0 Å². The molecule has 2 amide bonds. The lowest BCUT2D eigenvalue weighted by Crippen LogP contribution is -2.35. The number of aliphatic carboxylic acids is 1. The van der Waals surface area contributed by atoms with Gasteiger partial charge in [0, 0.05) is 16.6 Å². The van der Waals surface area contributed by atoms with Crippen LogP contribution in [0.3, 0.4) is 0 Å². The zero-order valence-corrected chi connectivity index (χ0v) is 15.3. The number of benzene rings is 2. The Hall–Kier alpha value is -2.93. The summed E-state index contributed by atoms with van der Waals surface area (Å²) in [6, 6.07) is 15.7. The summed E-state index contributed by atoms with van der Waals surface area (Å²) >= 11 is 3.35. The Kier molecular flexibility index (Phi) is 7.11. The van der Waals surface area contributed by atoms with Gasteiger partial charge < -0.3 is 15.7 Å². The van der Waals surface area contributed by atoms with Gasteiger partial charge in [0.2, 0.25) is 0 Å². The number of halogens is 1. The van der Waals surface area contributed by atoms with Crippen LogP contribution in [0.2, 0.25) is 0 Å². The van der Waals surface area contributed by atoms with E-state index in [0.29, 0.717) is 11.1 Å². The molecule has 0 aliphatic carbocycles. The first-order chi connectivity index (χ1) is 12.5. The summed E-state index contributed by atoms with van der Waals surface area (Å²) in [5, 5.41) is 13.8. The van der Waals surface area contributed by atoms with Crippen molar-refractivity contribution in [2.75, 3.05) is 6.54 Å². The first-order valence-electron chi connectivity index (χ1n) is 7.79. The van der Waals surface area contributed by atoms with Crippen molar-refractivity contribution in [1.82, 2.24) is 10.6 Å². The summed E-state index contributed by atoms with van der Waals surface area (Å²) in [5.41, 5.74) is 1.14. The van der Waals surface area contributed by atoms with Crippen molar-refractivity contribution in [2.45, 2.75) is 6.42 Å². The lowest BCUT2D eigenvalue weighted by Gasteiger charge is -2.11. The van der Waals surface area contributed by atoms with Gasteiger partial charge in [0.1, 0.15) is 5.70 Å². The van der Waals surface area contributed by atoms with Crippen LogP contribution in [0.5, 0.6) is 0 Å². The first kappa shape index (κ1) is 19.4. The number of carbonyl (C=O) groups excluding carboxylic acids is 2. The van der Waals surface area contributed by atoms with Crippen LogP contribution in [-0.2, 0) is 9.59 Å². The Morgan fingerprint density at radius 2 is 1.77 bits per heavy atom. The highest BCUT2D eigenvalue weighted by Gasteiger charge is 2.14. The van der Waals surface area contributed by atoms with Gasteiger partial charge in [-0.15, -0.1) is 0 Å². The molecule has 0 spiro atoms. The summed E-state index contributed by atoms with van der Waals surface area (Å²) in [5.74, 6) is -2.01. The van der Waals surface area contributed by atoms with E-state index in [2.05, 4.69) is 26.6 Å². The molecule has 2 aromatic carbocycles. The molecule has 2 rings (SSSR count). The number of carboxylic acids is 1. The second-order valence-electron chi connectivity index (χ2n) is 5.33. The van der Waals surface area contributed by atoms with Gasteiger partial charge in [0.15, 0.2) is 0 Å². The minimum Gasteiger partial charge on any atom is -0.481 e. The molecular weight excluding hydrogens is 400 g/mol. The van der Waals surface area contributed by atoms with Gasteiger partial charge in [-0.2, -0.15) is 0 Å². The predicted molar refractivity (Wildman–Crippen MR) is 101 cm³/mol. The monoisotopic (exact) mass is 416 g/mol. The molecule has 2 aromatic rings. The van der Waals surface area contributed by atoms with Crippen molar-refractivity contribution in [3.05, 3.63) is 75.9 Å². The molecule has 6 nitrogen and oxygen atoms in total. The molecule has 26 heavy (non-hydrogen) atoms. The Morgan fingerprint density at radius 3 is 2.42 bits per heavy atom. The Morgan fingerprint density at radius 1 is 1.04 bits per heavy atom. The normalized spacial score (nSPS) is 10.9. The van der Waals surface area contributed by atoms with Crippen LogP contribution in [0.15, 0.2) is 64.8 Å². The molecule has 0 bridgehead atoms. The van der Waals surface area contributed by atoms with Crippen molar-refractivity contribution in [2.24, 2.45) is 0 Å². The lowest BCUT2D eigenvalue weighted by atomic mass is 10.1. The zero-order chi connectivity index (χ0) is 18.9. The summed E-state index contributed by atoms with van der Waals surface area (Å²) in [4.78, 5) is 35.3. The van der Waals surface area contributed by atoms with Crippen LogP contribution in [0.4, 0.5) is 0 Å². The predicted octanol–water partition coefficient (Wildman–Crippen LogP) is 2.81. The van der Waals surface area contributed by atoms with E-state index in [1.54, 1.807) is 48.5 Å². The van der Waals surface area contributed by atoms with Crippen LogP contribution in [0.25, 0.3) is 6.08 Å². The number of hydrogen-bond donors (Lipinski definition) is 3. The quantitative estimate of drug-likeness (QED) is 0.604. The molecule has 0 fully saturated rings. The minimum absolute atomic E-state index is 0.0299. The highest BCUT2D eigenvalue weighted by Crippen LogP contribution is 2.14. The topological polar surface area (TPSA) is 95.5 Å². The fraction of sp³-hybridized carbons (Fsp3) is 0.105. The zero-order valence-electron chi connectivity index (χ0n) is 13.7. The molecule has 0 aliphatic heterocycles. The molecule has 0 radical (unpaired) electrons. The van der Waals surface area contributed by atoms with Crippen molar-refractivity contribution < 1.29 is 19.5 Å². The second-order valence-corrected chi connectivity index (χ2v) is 6.25. The van der Waals surface area contributed by atoms with E-state index in [1.165, 1.54) is 6.08 Å². The molecule has 0 heterocycles. The number of rotatable bonds is 7. The van der Waals surface area contributed by atoms with E-state index < -0.39 is 17.8 Å². The van der Waals surface area contributed by atoms with Crippen molar-refractivity contribution in [1.29, 1.82) is 0 Å². The maximum Gasteiger partial charge on any atom is 0.305 e. The maximum absolute atomic E-state index is 12.4. The summed E-state index contributed by atoms with van der Waals surface area (Å²) < 4.78 is 0.825. The minimum atomic E-state index is -1.02. The fourth-order valence-electron chi connectivity index (χ4n) is 2.08. The Bertz CT molecular complexity index is 834. The van der Waals surface area contributed by atoms with Gasteiger partial charge in [-0.05, 0) is 35.9 Å². The maximum atomic E-state index is 12.4. The number of carboxylic acid groups (broad SMARTS) is 1. The molecular formula is C19H17BrN2O4. The number of nitrogens with one attached hydrogen (secondary N) is 2. The Labute approximate surface area is 159 Å². The molecule has 3 N–H and O–H groups in total. The van der Waals surface area contributed by atoms with E-state index in [1.807, 2.05) is 6.07 Å². The number of carbonyl (C=O) groups is 3. The van der Waals surface area contributed by atoms with Gasteiger partial charge in [-0.25, -0.2) is 0 Å². The van der Waals surface area contributed by atoms with Gasteiger partial charge in [-0.3, -0.25) is 14.4 Å². The van der Waals surface area contributed by atoms with Gasteiger partial charge in [-0.1, -0.05) is 46.3 Å². The van der Waals surface area contributed by atoms with E-state index in [4.69, 9.17) is 5.11 Å². The van der Waals surface area contributed by atoms with Crippen LogP contribution < -0.4 is 10.6 Å². The van der Waals surface area contributed by atoms with E-state index in [9.17, 15) is 14.4 Å². The summed E-state index contributed by atoms with van der Waals surface area (Å²) in [6.45, 7) is -0.0365. The molecule has 0 aliphatic rings. The smallest absolute Gasteiger partial charge is 0.305 e. The first-order valence-corrected chi connectivity index (χ1v) is 8.58. The van der Waals surface area contributed by atoms with E-state index >= 15 is 0 Å². The average Bonchev–Trinajstić information content (AvgIpc) is 2.61. The van der Waals surface area contributed by atoms with E-state index in [-0.39, 0.29) is 18.7 Å². The largest absolute Gasteiger partial charge is 0.481 e. The third-order valence-corrected chi connectivity index (χ3v) is 3.81. The second kappa shape index (κ2) is 9.53. The highest BCUT2D eigenvalue weighted by atomic mass is 79.9.